The van der Waals surface area contributed by atoms with E-state index in [1.54, 1.807) is 0 Å². The number of rotatable bonds is 9. The number of aliphatic carboxylic acids is 1. The molecule has 6 nitrogen and oxygen atoms in total. The first kappa shape index (κ1) is 31.4. The van der Waals surface area contributed by atoms with Gasteiger partial charge in [0.2, 0.25) is 0 Å². The van der Waals surface area contributed by atoms with Gasteiger partial charge in [0.05, 0.1) is 19.6 Å². The fraction of sp³-hybridized carbons (Fsp3) is 0.548. The number of hydrogen-bond donors (Lipinski definition) is 1. The van der Waals surface area contributed by atoms with Crippen LogP contribution in [0.25, 0.3) is 0 Å². The van der Waals surface area contributed by atoms with Crippen molar-refractivity contribution >= 4 is 23.7 Å². The van der Waals surface area contributed by atoms with Crippen LogP contribution in [0.1, 0.15) is 50.5 Å². The van der Waals surface area contributed by atoms with Crippen LogP contribution in [-0.2, 0) is 19.9 Å². The minimum atomic E-state index is -5.19. The molecule has 2 aromatic carbocycles. The van der Waals surface area contributed by atoms with Crippen molar-refractivity contribution in [1.82, 2.24) is 0 Å². The third kappa shape index (κ3) is 7.84. The zero-order chi connectivity index (χ0) is 29.5. The molecule has 41 heavy (non-hydrogen) atoms. The molecule has 0 spiro atoms. The number of quaternary nitrogens is 1. The molecule has 10 heteroatoms. The minimum absolute atomic E-state index is 0.0540. The van der Waals surface area contributed by atoms with Crippen molar-refractivity contribution in [2.75, 3.05) is 31.9 Å². The van der Waals surface area contributed by atoms with E-state index < -0.39 is 23.7 Å². The van der Waals surface area contributed by atoms with Gasteiger partial charge in [0, 0.05) is 41.7 Å². The number of carbonyl (C=O) groups excluding carboxylic acids is 2. The fourth-order valence-electron chi connectivity index (χ4n) is 6.56. The Kier molecular flexibility index (Phi) is 10.4. The first-order chi connectivity index (χ1) is 19.5. The summed E-state index contributed by atoms with van der Waals surface area (Å²) in [6.45, 7) is 4.44. The number of hydrogen-bond acceptors (Lipinski definition) is 6. The van der Waals surface area contributed by atoms with E-state index in [1.165, 1.54) is 24.4 Å². The molecule has 0 radical (unpaired) electrons. The highest BCUT2D eigenvalue weighted by Crippen LogP contribution is 2.43. The zero-order valence-corrected chi connectivity index (χ0v) is 23.9. The van der Waals surface area contributed by atoms with Gasteiger partial charge in [0.1, 0.15) is 12.5 Å². The average Bonchev–Trinajstić information content (AvgIpc) is 3.52. The van der Waals surface area contributed by atoms with Crippen LogP contribution in [0, 0.1) is 11.8 Å². The Balaban J connectivity index is 0.000000493. The third-order valence-corrected chi connectivity index (χ3v) is 9.89. The molecule has 2 bridgehead atoms. The number of halogens is 3. The number of aliphatic hydroxyl groups is 1. The third-order valence-electron chi connectivity index (χ3n) is 8.79. The Bertz CT molecular complexity index is 1140. The van der Waals surface area contributed by atoms with Gasteiger partial charge >= 0.3 is 12.1 Å². The van der Waals surface area contributed by atoms with Crippen molar-refractivity contribution in [3.8, 4) is 0 Å². The normalized spacial score (nSPS) is 25.6. The molecule has 6 rings (SSSR count). The Morgan fingerprint density at radius 1 is 0.951 bits per heavy atom. The largest absolute Gasteiger partial charge is 0.542 e. The number of benzene rings is 2. The number of carbonyl (C=O) groups is 2. The summed E-state index contributed by atoms with van der Waals surface area (Å²) in [5, 5.41) is 20.6. The van der Waals surface area contributed by atoms with Crippen molar-refractivity contribution in [3.63, 3.8) is 0 Å². The van der Waals surface area contributed by atoms with Gasteiger partial charge in [0.25, 0.3) is 0 Å². The van der Waals surface area contributed by atoms with Gasteiger partial charge in [-0.15, -0.1) is 11.8 Å². The molecular weight excluding hydrogens is 555 g/mol. The summed E-state index contributed by atoms with van der Waals surface area (Å²) in [5.41, 5.74) is -0.837. The molecular formula is C31H38F3NO5S. The second-order valence-corrected chi connectivity index (χ2v) is 12.6. The van der Waals surface area contributed by atoms with Crippen LogP contribution in [0.15, 0.2) is 65.6 Å². The lowest BCUT2D eigenvalue weighted by Gasteiger charge is -2.52. The van der Waals surface area contributed by atoms with E-state index in [4.69, 9.17) is 14.6 Å². The maximum atomic E-state index is 13.6. The molecule has 1 aliphatic carbocycles. The molecule has 3 saturated heterocycles. The first-order valence-corrected chi connectivity index (χ1v) is 15.3. The summed E-state index contributed by atoms with van der Waals surface area (Å²) in [4.78, 5) is 23.8. The number of esters is 1. The summed E-state index contributed by atoms with van der Waals surface area (Å²) in [5.74, 6) is -1.92. The lowest BCUT2D eigenvalue weighted by molar-refractivity contribution is -0.946. The predicted octanol–water partition coefficient (Wildman–Crippen LogP) is 4.70. The van der Waals surface area contributed by atoms with E-state index in [0.717, 1.165) is 61.9 Å². The molecule has 2 aromatic rings. The van der Waals surface area contributed by atoms with Crippen molar-refractivity contribution in [2.24, 2.45) is 11.8 Å². The van der Waals surface area contributed by atoms with Crippen LogP contribution < -0.4 is 5.11 Å². The molecule has 3 aliphatic heterocycles. The maximum absolute atomic E-state index is 13.6. The topological polar surface area (TPSA) is 86.7 Å². The van der Waals surface area contributed by atoms with E-state index in [0.29, 0.717) is 11.5 Å². The van der Waals surface area contributed by atoms with E-state index >= 15 is 0 Å². The van der Waals surface area contributed by atoms with Crippen LogP contribution in [0.2, 0.25) is 0 Å². The summed E-state index contributed by atoms with van der Waals surface area (Å²) in [6, 6.07) is 20.1. The van der Waals surface area contributed by atoms with Crippen LogP contribution in [0.5, 0.6) is 0 Å². The van der Waals surface area contributed by atoms with Crippen molar-refractivity contribution in [1.29, 1.82) is 0 Å². The number of carboxylic acids is 1. The van der Waals surface area contributed by atoms with Gasteiger partial charge in [-0.25, -0.2) is 4.79 Å². The van der Waals surface area contributed by atoms with Crippen molar-refractivity contribution in [3.05, 3.63) is 66.2 Å². The summed E-state index contributed by atoms with van der Waals surface area (Å²) in [6.07, 6.45) is 2.05. The molecule has 1 N–H and O–H groups in total. The number of carboxylic acid groups (broad SMARTS) is 1. The number of fused-ring (bicyclic) bond motifs is 3. The smallest absolute Gasteiger partial charge is 0.430 e. The number of alkyl halides is 3. The average molecular weight is 594 g/mol. The molecule has 4 aliphatic rings. The summed E-state index contributed by atoms with van der Waals surface area (Å²) in [7, 11) is 0. The first-order valence-electron chi connectivity index (χ1n) is 14.3. The number of piperidine rings is 3. The Labute approximate surface area is 243 Å². The van der Waals surface area contributed by atoms with Crippen LogP contribution in [0.3, 0.4) is 0 Å². The fourth-order valence-corrected chi connectivity index (χ4v) is 7.42. The Morgan fingerprint density at radius 3 is 2.07 bits per heavy atom. The predicted molar refractivity (Wildman–Crippen MR) is 147 cm³/mol. The lowest BCUT2D eigenvalue weighted by atomic mass is 9.79. The van der Waals surface area contributed by atoms with Crippen LogP contribution in [-0.4, -0.2) is 65.7 Å². The minimum Gasteiger partial charge on any atom is -0.542 e. The standard InChI is InChI=1S/C29H38NO3S.C2HF3O2/c31-28(29(32,25-12-7-8-13-25)24-10-3-1-4-11-24)33-27-22-30(19-16-23(27)17-20-30)18-9-21-34-26-14-5-2-6-15-26;3-2(4,5)1(6)7/h1-6,10-11,14-15,23,25,27,32H,7-9,12-13,16-22H2;(H,6,7)/q+1;/p-1/t23?,27-,29+,30?;/m0./s1. The number of nitrogens with zero attached hydrogens (tertiary/aromatic N) is 1. The molecule has 3 heterocycles. The SMILES string of the molecule is O=C(O[C@H]1C[N+]2(CCCSc3ccccc3)CCC1CC2)[C@@](O)(c1ccccc1)C1CCCC1.O=C([O-])C(F)(F)F. The Morgan fingerprint density at radius 2 is 1.51 bits per heavy atom. The molecule has 0 amide bonds. The Hall–Kier alpha value is -2.56. The van der Waals surface area contributed by atoms with Gasteiger partial charge in [-0.05, 0) is 30.5 Å². The van der Waals surface area contributed by atoms with Crippen LogP contribution >= 0.6 is 11.8 Å². The molecule has 224 valence electrons. The highest BCUT2D eigenvalue weighted by Gasteiger charge is 2.52. The molecule has 1 saturated carbocycles. The van der Waals surface area contributed by atoms with Gasteiger partial charge < -0.3 is 24.2 Å². The zero-order valence-electron chi connectivity index (χ0n) is 23.1. The van der Waals surface area contributed by atoms with Gasteiger partial charge in [-0.1, -0.05) is 61.4 Å². The summed E-state index contributed by atoms with van der Waals surface area (Å²) >= 11 is 1.93. The number of thioether (sulfide) groups is 1. The second-order valence-electron chi connectivity index (χ2n) is 11.4. The van der Waals surface area contributed by atoms with E-state index in [1.807, 2.05) is 42.1 Å². The molecule has 4 fully saturated rings. The second kappa shape index (κ2) is 13.6. The molecule has 0 unspecified atom stereocenters. The van der Waals surface area contributed by atoms with Crippen molar-refractivity contribution in [2.45, 2.75) is 67.7 Å². The lowest BCUT2D eigenvalue weighted by Crippen LogP contribution is -2.65. The summed E-state index contributed by atoms with van der Waals surface area (Å²) < 4.78 is 38.9. The van der Waals surface area contributed by atoms with E-state index in [-0.39, 0.29) is 12.0 Å². The number of ether oxygens (including phenoxy) is 1. The van der Waals surface area contributed by atoms with E-state index in [2.05, 4.69) is 30.3 Å². The maximum Gasteiger partial charge on any atom is 0.430 e. The van der Waals surface area contributed by atoms with E-state index in [9.17, 15) is 23.1 Å². The van der Waals surface area contributed by atoms with Gasteiger partial charge in [-0.3, -0.25) is 0 Å². The highest BCUT2D eigenvalue weighted by molar-refractivity contribution is 7.99. The van der Waals surface area contributed by atoms with Crippen LogP contribution in [0.4, 0.5) is 13.2 Å². The van der Waals surface area contributed by atoms with Crippen molar-refractivity contribution < 1.29 is 42.2 Å². The monoisotopic (exact) mass is 593 g/mol. The van der Waals surface area contributed by atoms with Gasteiger partial charge in [0.15, 0.2) is 11.7 Å². The quantitative estimate of drug-likeness (QED) is 0.196. The van der Waals surface area contributed by atoms with Gasteiger partial charge in [-0.2, -0.15) is 13.2 Å². The molecule has 0 aromatic heterocycles. The highest BCUT2D eigenvalue weighted by atomic mass is 32.2. The molecule has 2 atom stereocenters.